The molecule has 0 bridgehead atoms. The molecule has 1 N–H and O–H groups in total. The second kappa shape index (κ2) is 14.7. The fourth-order valence-corrected chi connectivity index (χ4v) is 3.83. The van der Waals surface area contributed by atoms with E-state index in [2.05, 4.69) is 97.5 Å². The van der Waals surface area contributed by atoms with E-state index in [-0.39, 0.29) is 0 Å². The van der Waals surface area contributed by atoms with Crippen LogP contribution in [0.4, 0.5) is 0 Å². The van der Waals surface area contributed by atoms with E-state index in [9.17, 15) is 0 Å². The van der Waals surface area contributed by atoms with Gasteiger partial charge in [0.1, 0.15) is 0 Å². The molecule has 0 radical (unpaired) electrons. The molecule has 0 amide bonds. The molecular weight excluding hydrogens is 560 g/mol. The first-order chi connectivity index (χ1) is 9.32. The predicted molar refractivity (Wildman–Crippen MR) is 105 cm³/mol. The van der Waals surface area contributed by atoms with Crippen LogP contribution in [0.2, 0.25) is 0 Å². The molecule has 0 aliphatic heterocycles. The molecule has 20 heavy (non-hydrogen) atoms. The summed E-state index contributed by atoms with van der Waals surface area (Å²) in [5.74, 6) is -0.833. The van der Waals surface area contributed by atoms with E-state index in [0.29, 0.717) is 0 Å². The fourth-order valence-electron chi connectivity index (χ4n) is 0.786. The van der Waals surface area contributed by atoms with Gasteiger partial charge in [0, 0.05) is 49.4 Å². The summed E-state index contributed by atoms with van der Waals surface area (Å²) in [6.07, 6.45) is 0. The van der Waals surface area contributed by atoms with Crippen molar-refractivity contribution in [2.75, 3.05) is 0 Å². The van der Waals surface area contributed by atoms with E-state index >= 15 is 0 Å². The third-order valence-corrected chi connectivity index (χ3v) is 4.93. The van der Waals surface area contributed by atoms with Gasteiger partial charge in [-0.05, 0) is 63.2 Å². The average molecular weight is 574 g/mol. The SMILES string of the molecule is BrBr.CC(=O)O.Cc1cccs1.Cc1sc(Br)cc1Br. The molecule has 114 valence electrons. The lowest BCUT2D eigenvalue weighted by molar-refractivity contribution is -0.134. The summed E-state index contributed by atoms with van der Waals surface area (Å²) in [7, 11) is 0. The summed E-state index contributed by atoms with van der Waals surface area (Å²) in [5, 5.41) is 9.50. The minimum absolute atomic E-state index is 0.833. The van der Waals surface area contributed by atoms with E-state index in [1.165, 1.54) is 18.0 Å². The maximum absolute atomic E-state index is 9.00. The van der Waals surface area contributed by atoms with Gasteiger partial charge in [-0.2, -0.15) is 0 Å². The Labute approximate surface area is 159 Å². The third kappa shape index (κ3) is 15.2. The lowest BCUT2D eigenvalue weighted by atomic mass is 10.5. The van der Waals surface area contributed by atoms with Gasteiger partial charge in [0.25, 0.3) is 5.97 Å². The van der Waals surface area contributed by atoms with E-state index in [1.54, 1.807) is 22.7 Å². The number of hydrogen-bond acceptors (Lipinski definition) is 3. The zero-order valence-corrected chi connectivity index (χ0v) is 19.0. The van der Waals surface area contributed by atoms with E-state index in [1.807, 2.05) is 0 Å². The lowest BCUT2D eigenvalue weighted by Crippen LogP contribution is -1.78. The van der Waals surface area contributed by atoms with Crippen molar-refractivity contribution in [2.45, 2.75) is 20.8 Å². The molecule has 0 aromatic carbocycles. The molecule has 0 spiro atoms. The van der Waals surface area contributed by atoms with Crippen LogP contribution in [0.1, 0.15) is 16.7 Å². The van der Waals surface area contributed by atoms with Gasteiger partial charge in [-0.15, -0.1) is 22.7 Å². The van der Waals surface area contributed by atoms with Crippen molar-refractivity contribution in [2.24, 2.45) is 0 Å². The highest BCUT2D eigenvalue weighted by molar-refractivity contribution is 9.93. The van der Waals surface area contributed by atoms with Crippen molar-refractivity contribution in [3.05, 3.63) is 41.6 Å². The van der Waals surface area contributed by atoms with Gasteiger partial charge < -0.3 is 5.11 Å². The second-order valence-corrected chi connectivity index (χ2v) is 7.84. The van der Waals surface area contributed by atoms with Gasteiger partial charge in [-0.25, -0.2) is 0 Å². The summed E-state index contributed by atoms with van der Waals surface area (Å²) in [6.45, 7) is 5.27. The van der Waals surface area contributed by atoms with Gasteiger partial charge >= 0.3 is 0 Å². The smallest absolute Gasteiger partial charge is 0.300 e. The normalized spacial score (nSPS) is 8.15. The Morgan fingerprint density at radius 1 is 1.25 bits per heavy atom. The molecule has 8 heteroatoms. The molecule has 2 nitrogen and oxygen atoms in total. The van der Waals surface area contributed by atoms with Gasteiger partial charge in [0.15, 0.2) is 0 Å². The molecule has 2 aromatic heterocycles. The van der Waals surface area contributed by atoms with Crippen LogP contribution in [0.3, 0.4) is 0 Å². The van der Waals surface area contributed by atoms with Crippen LogP contribution >= 0.6 is 82.8 Å². The van der Waals surface area contributed by atoms with Crippen LogP contribution < -0.4 is 0 Å². The van der Waals surface area contributed by atoms with Gasteiger partial charge in [0.2, 0.25) is 0 Å². The molecule has 0 unspecified atom stereocenters. The number of carboxylic acids is 1. The first-order valence-corrected chi connectivity index (χ1v) is 12.1. The van der Waals surface area contributed by atoms with Crippen LogP contribution in [-0.4, -0.2) is 11.1 Å². The van der Waals surface area contributed by atoms with Crippen LogP contribution in [0.5, 0.6) is 0 Å². The Morgan fingerprint density at radius 3 is 1.85 bits per heavy atom. The number of carbonyl (C=O) groups is 1. The molecule has 0 atom stereocenters. The molecule has 2 aromatic rings. The number of aryl methyl sites for hydroxylation is 2. The molecule has 0 fully saturated rings. The second-order valence-electron chi connectivity index (χ2n) is 3.20. The maximum atomic E-state index is 9.00. The summed E-state index contributed by atoms with van der Waals surface area (Å²) >= 11 is 15.8. The fraction of sp³-hybridized carbons (Fsp3) is 0.250. The van der Waals surface area contributed by atoms with E-state index < -0.39 is 5.97 Å². The van der Waals surface area contributed by atoms with Gasteiger partial charge in [0.05, 0.1) is 3.79 Å². The van der Waals surface area contributed by atoms with E-state index in [0.717, 1.165) is 6.92 Å². The van der Waals surface area contributed by atoms with Crippen LogP contribution in [0, 0.1) is 13.8 Å². The Balaban J connectivity index is 0. The number of aliphatic carboxylic acids is 1. The Bertz CT molecular complexity index is 446. The van der Waals surface area contributed by atoms with Crippen molar-refractivity contribution < 1.29 is 9.90 Å². The molecule has 0 aliphatic carbocycles. The number of thiophene rings is 2. The first kappa shape index (κ1) is 23.1. The maximum Gasteiger partial charge on any atom is 0.300 e. The molecule has 0 saturated heterocycles. The van der Waals surface area contributed by atoms with Crippen LogP contribution in [-0.2, 0) is 4.79 Å². The minimum atomic E-state index is -0.833. The topological polar surface area (TPSA) is 37.3 Å². The number of carboxylic acid groups (broad SMARTS) is 1. The monoisotopic (exact) mass is 570 g/mol. The standard InChI is InChI=1S/C5H4Br2S.C5H6S.C2H4O2.Br2/c1-3-4(6)2-5(7)8-3;1-5-3-2-4-6-5;1-2(3)4;1-2/h2H,1H3;2-4H,1H3;1H3,(H,3,4);. The first-order valence-electron chi connectivity index (χ1n) is 5.08. The molecule has 0 saturated carbocycles. The number of rotatable bonds is 0. The van der Waals surface area contributed by atoms with E-state index in [4.69, 9.17) is 9.90 Å². The Hall–Kier alpha value is 0.790. The minimum Gasteiger partial charge on any atom is -0.481 e. The Morgan fingerprint density at radius 2 is 1.75 bits per heavy atom. The van der Waals surface area contributed by atoms with Crippen molar-refractivity contribution in [3.63, 3.8) is 0 Å². The number of hydrogen-bond donors (Lipinski definition) is 1. The summed E-state index contributed by atoms with van der Waals surface area (Å²) < 4.78 is 2.37. The van der Waals surface area contributed by atoms with Gasteiger partial charge in [-0.3, -0.25) is 4.79 Å². The summed E-state index contributed by atoms with van der Waals surface area (Å²) in [5.41, 5.74) is 0. The quantitative estimate of drug-likeness (QED) is 0.356. The Kier molecular flexibility index (Phi) is 17.0. The molecule has 0 aliphatic rings. The molecular formula is C12H14Br4O2S2. The highest BCUT2D eigenvalue weighted by Gasteiger charge is 1.96. The largest absolute Gasteiger partial charge is 0.481 e. The highest BCUT2D eigenvalue weighted by atomic mass is 80.9. The zero-order valence-electron chi connectivity index (χ0n) is 11.0. The van der Waals surface area contributed by atoms with Crippen molar-refractivity contribution in [1.82, 2.24) is 0 Å². The zero-order chi connectivity index (χ0) is 16.1. The van der Waals surface area contributed by atoms with Crippen molar-refractivity contribution in [3.8, 4) is 0 Å². The summed E-state index contributed by atoms with van der Waals surface area (Å²) in [6, 6.07) is 6.21. The van der Waals surface area contributed by atoms with Crippen LogP contribution in [0.15, 0.2) is 31.8 Å². The van der Waals surface area contributed by atoms with Crippen LogP contribution in [0.25, 0.3) is 0 Å². The highest BCUT2D eigenvalue weighted by Crippen LogP contribution is 2.29. The lowest BCUT2D eigenvalue weighted by Gasteiger charge is -1.77. The average Bonchev–Trinajstić information content (AvgIpc) is 2.92. The van der Waals surface area contributed by atoms with Gasteiger partial charge in [-0.1, -0.05) is 6.07 Å². The molecule has 2 heterocycles. The van der Waals surface area contributed by atoms with Crippen molar-refractivity contribution >= 4 is 88.8 Å². The predicted octanol–water partition coefficient (Wildman–Crippen LogP) is 7.42. The third-order valence-electron chi connectivity index (χ3n) is 1.49. The summed E-state index contributed by atoms with van der Waals surface area (Å²) in [4.78, 5) is 11.7. The molecule has 2 rings (SSSR count). The van der Waals surface area contributed by atoms with Crippen molar-refractivity contribution in [1.29, 1.82) is 0 Å². The number of halogens is 4.